The molecule has 0 aliphatic heterocycles. The molecule has 16 heavy (non-hydrogen) atoms. The number of rotatable bonds is 4. The Morgan fingerprint density at radius 3 is 3.19 bits per heavy atom. The maximum Gasteiger partial charge on any atom is 0.354 e. The van der Waals surface area contributed by atoms with E-state index in [4.69, 9.17) is 10.6 Å². The van der Waals surface area contributed by atoms with Gasteiger partial charge in [0.15, 0.2) is 5.52 Å². The number of anilines is 1. The highest BCUT2D eigenvalue weighted by Gasteiger charge is 2.18. The molecule has 0 atom stereocenters. The molecular weight excluding hydrogens is 206 g/mol. The molecule has 6 nitrogen and oxygen atoms in total. The first-order valence-electron chi connectivity index (χ1n) is 5.14. The zero-order chi connectivity index (χ0) is 11.5. The van der Waals surface area contributed by atoms with Crippen molar-refractivity contribution < 1.29 is 9.40 Å². The Morgan fingerprint density at radius 1 is 1.62 bits per heavy atom. The van der Waals surface area contributed by atoms with Crippen LogP contribution in [0.5, 0.6) is 0 Å². The molecule has 2 aromatic rings. The van der Waals surface area contributed by atoms with Gasteiger partial charge in [-0.15, -0.1) is 4.73 Å². The van der Waals surface area contributed by atoms with Crippen LogP contribution in [0.3, 0.4) is 0 Å². The van der Waals surface area contributed by atoms with Crippen LogP contribution in [0.15, 0.2) is 18.3 Å². The molecule has 2 rings (SSSR count). The number of fused-ring (bicyclic) bond motifs is 1. The summed E-state index contributed by atoms with van der Waals surface area (Å²) in [6.07, 6.45) is 1.92. The molecule has 0 fully saturated rings. The van der Waals surface area contributed by atoms with Crippen LogP contribution >= 0.6 is 0 Å². The van der Waals surface area contributed by atoms with Gasteiger partial charge in [-0.2, -0.15) is 0 Å². The van der Waals surface area contributed by atoms with Gasteiger partial charge in [-0.3, -0.25) is 0 Å². The van der Waals surface area contributed by atoms with E-state index in [9.17, 15) is 0 Å². The highest BCUT2D eigenvalue weighted by atomic mass is 16.7. The number of nitrogens with two attached hydrogens (primary N) is 1. The van der Waals surface area contributed by atoms with Gasteiger partial charge < -0.3 is 15.9 Å². The first-order chi connectivity index (χ1) is 7.74. The predicted octanol–water partition coefficient (Wildman–Crippen LogP) is -0.909. The average Bonchev–Trinajstić information content (AvgIpc) is 2.58. The Morgan fingerprint density at radius 2 is 2.44 bits per heavy atom. The molecule has 0 unspecified atom stereocenters. The average molecular weight is 222 g/mol. The van der Waals surface area contributed by atoms with E-state index in [2.05, 4.69) is 10.3 Å². The molecule has 0 saturated carbocycles. The maximum atomic E-state index is 5.80. The molecule has 86 valence electrons. The number of nitrogen functional groups attached to an aromatic ring is 1. The Balaban J connectivity index is 2.36. The number of nitrogens with zero attached hydrogens (tertiary/aromatic N) is 3. The Hall–Kier alpha value is -1.82. The zero-order valence-corrected chi connectivity index (χ0v) is 9.47. The summed E-state index contributed by atoms with van der Waals surface area (Å²) in [5.41, 5.74) is 7.48. The Labute approximate surface area is 93.6 Å². The fourth-order valence-corrected chi connectivity index (χ4v) is 1.54. The second kappa shape index (κ2) is 4.36. The molecule has 0 aliphatic rings. The lowest BCUT2D eigenvalue weighted by molar-refractivity contribution is -0.646. The first kappa shape index (κ1) is 10.7. The minimum Gasteiger partial charge on any atom is -0.407 e. The standard InChI is InChI=1S/C10H15N5O/c1-12-5-7-16-15-8-4-3-6-14(2)9(8)13-10(15)11/h3-4,6,11-12H,5,7H2,1-2H3/p+1. The van der Waals surface area contributed by atoms with Crippen molar-refractivity contribution in [2.24, 2.45) is 7.05 Å². The molecule has 2 aromatic heterocycles. The van der Waals surface area contributed by atoms with E-state index in [1.165, 1.54) is 0 Å². The van der Waals surface area contributed by atoms with Gasteiger partial charge in [0.1, 0.15) is 6.61 Å². The number of aryl methyl sites for hydroxylation is 1. The first-order valence-corrected chi connectivity index (χ1v) is 5.14. The van der Waals surface area contributed by atoms with Crippen molar-refractivity contribution >= 4 is 17.1 Å². The van der Waals surface area contributed by atoms with E-state index in [0.29, 0.717) is 12.6 Å². The van der Waals surface area contributed by atoms with Gasteiger partial charge in [0, 0.05) is 11.5 Å². The summed E-state index contributed by atoms with van der Waals surface area (Å²) in [6.45, 7) is 1.31. The molecule has 0 radical (unpaired) electrons. The van der Waals surface area contributed by atoms with Gasteiger partial charge >= 0.3 is 11.6 Å². The second-order valence-electron chi connectivity index (χ2n) is 3.53. The number of hydrogen-bond donors (Lipinski definition) is 2. The number of imidazole rings is 1. The van der Waals surface area contributed by atoms with Gasteiger partial charge in [0.25, 0.3) is 0 Å². The molecule has 2 heterocycles. The van der Waals surface area contributed by atoms with Crippen molar-refractivity contribution in [2.45, 2.75) is 0 Å². The van der Waals surface area contributed by atoms with Crippen LogP contribution in [-0.4, -0.2) is 29.9 Å². The molecule has 6 heteroatoms. The van der Waals surface area contributed by atoms with Crippen LogP contribution in [0, 0.1) is 0 Å². The van der Waals surface area contributed by atoms with E-state index >= 15 is 0 Å². The van der Waals surface area contributed by atoms with Gasteiger partial charge in [0.05, 0.1) is 13.2 Å². The molecule has 3 N–H and O–H groups in total. The van der Waals surface area contributed by atoms with Gasteiger partial charge in [-0.05, 0) is 19.2 Å². The lowest BCUT2D eigenvalue weighted by Gasteiger charge is -2.05. The summed E-state index contributed by atoms with van der Waals surface area (Å²) in [4.78, 5) is 9.79. The fourth-order valence-electron chi connectivity index (χ4n) is 1.54. The van der Waals surface area contributed by atoms with Crippen molar-refractivity contribution in [3.05, 3.63) is 18.3 Å². The third-order valence-corrected chi connectivity index (χ3v) is 2.35. The number of pyridine rings is 1. The SMILES string of the molecule is CNCCOn1c(N)nc2c1ccc[n+]2C. The molecule has 0 aromatic carbocycles. The Bertz CT molecular complexity index is 493. The van der Waals surface area contributed by atoms with Crippen LogP contribution in [0.1, 0.15) is 0 Å². The summed E-state index contributed by atoms with van der Waals surface area (Å²) in [6, 6.07) is 3.86. The van der Waals surface area contributed by atoms with Crippen molar-refractivity contribution in [1.29, 1.82) is 0 Å². The molecule has 0 aliphatic carbocycles. The van der Waals surface area contributed by atoms with Crippen LogP contribution < -0.4 is 20.5 Å². The van der Waals surface area contributed by atoms with Crippen molar-refractivity contribution in [3.8, 4) is 0 Å². The normalized spacial score (nSPS) is 10.9. The van der Waals surface area contributed by atoms with Gasteiger partial charge in [-0.1, -0.05) is 0 Å². The fraction of sp³-hybridized carbons (Fsp3) is 0.400. The number of aromatic nitrogens is 3. The third kappa shape index (κ3) is 1.79. The van der Waals surface area contributed by atoms with Gasteiger partial charge in [0.2, 0.25) is 0 Å². The highest BCUT2D eigenvalue weighted by molar-refractivity contribution is 5.70. The largest absolute Gasteiger partial charge is 0.407 e. The van der Waals surface area contributed by atoms with E-state index in [-0.39, 0.29) is 0 Å². The summed E-state index contributed by atoms with van der Waals surface area (Å²) in [5.74, 6) is 0.368. The summed E-state index contributed by atoms with van der Waals surface area (Å²) >= 11 is 0. The topological polar surface area (TPSA) is 69.0 Å². The van der Waals surface area contributed by atoms with Crippen LogP contribution in [0.4, 0.5) is 5.95 Å². The van der Waals surface area contributed by atoms with Crippen LogP contribution in [-0.2, 0) is 7.05 Å². The minimum absolute atomic E-state index is 0.368. The monoisotopic (exact) mass is 222 g/mol. The second-order valence-corrected chi connectivity index (χ2v) is 3.53. The van der Waals surface area contributed by atoms with Gasteiger partial charge in [-0.25, -0.2) is 4.57 Å². The minimum atomic E-state index is 0.368. The number of likely N-dealkylation sites (N-methyl/N-ethyl adjacent to an activating group) is 1. The number of nitrogens with one attached hydrogen (secondary N) is 1. The Kier molecular flexibility index (Phi) is 2.91. The molecular formula is C10H16N5O+. The van der Waals surface area contributed by atoms with E-state index in [1.54, 1.807) is 4.73 Å². The van der Waals surface area contributed by atoms with Crippen LogP contribution in [0.25, 0.3) is 11.2 Å². The van der Waals surface area contributed by atoms with E-state index in [0.717, 1.165) is 17.7 Å². The summed E-state index contributed by atoms with van der Waals surface area (Å²) in [5, 5.41) is 3.00. The molecule has 0 saturated heterocycles. The molecule has 0 spiro atoms. The van der Waals surface area contributed by atoms with E-state index in [1.807, 2.05) is 37.0 Å². The third-order valence-electron chi connectivity index (χ3n) is 2.35. The van der Waals surface area contributed by atoms with Crippen molar-refractivity contribution in [3.63, 3.8) is 0 Å². The lowest BCUT2D eigenvalue weighted by atomic mass is 10.4. The quantitative estimate of drug-likeness (QED) is 0.519. The molecule has 0 amide bonds. The zero-order valence-electron chi connectivity index (χ0n) is 9.47. The lowest BCUT2D eigenvalue weighted by Crippen LogP contribution is -2.28. The van der Waals surface area contributed by atoms with Crippen molar-refractivity contribution in [2.75, 3.05) is 25.9 Å². The summed E-state index contributed by atoms with van der Waals surface area (Å²) < 4.78 is 3.47. The summed E-state index contributed by atoms with van der Waals surface area (Å²) in [7, 11) is 3.80. The highest BCUT2D eigenvalue weighted by Crippen LogP contribution is 2.11. The molecule has 0 bridgehead atoms. The van der Waals surface area contributed by atoms with Crippen molar-refractivity contribution in [1.82, 2.24) is 15.0 Å². The van der Waals surface area contributed by atoms with Crippen LogP contribution in [0.2, 0.25) is 0 Å². The smallest absolute Gasteiger partial charge is 0.354 e. The maximum absolute atomic E-state index is 5.80. The number of hydrogen-bond acceptors (Lipinski definition) is 4. The predicted molar refractivity (Wildman–Crippen MR) is 60.7 cm³/mol. The van der Waals surface area contributed by atoms with E-state index < -0.39 is 0 Å².